The van der Waals surface area contributed by atoms with Crippen LogP contribution in [0.1, 0.15) is 5.56 Å². The van der Waals surface area contributed by atoms with Crippen molar-refractivity contribution in [2.24, 2.45) is 0 Å². The Kier molecular flexibility index (Phi) is 5.15. The van der Waals surface area contributed by atoms with Crippen molar-refractivity contribution >= 4 is 69.2 Å². The van der Waals surface area contributed by atoms with E-state index in [2.05, 4.69) is 0 Å². The number of thioether (sulfide) groups is 1. The van der Waals surface area contributed by atoms with Gasteiger partial charge in [0, 0.05) is 15.6 Å². The number of ether oxygens (including phenoxy) is 1. The minimum absolute atomic E-state index is 0.214. The third-order valence-electron chi connectivity index (χ3n) is 3.32. The van der Waals surface area contributed by atoms with Crippen LogP contribution in [0.25, 0.3) is 6.08 Å². The molecule has 1 aliphatic rings. The average molecular weight is 396 g/mol. The van der Waals surface area contributed by atoms with E-state index in [0.717, 1.165) is 5.56 Å². The molecule has 0 bridgehead atoms. The van der Waals surface area contributed by atoms with Crippen LogP contribution < -0.4 is 9.64 Å². The third-order valence-corrected chi connectivity index (χ3v) is 5.06. The van der Waals surface area contributed by atoms with Crippen molar-refractivity contribution < 1.29 is 9.53 Å². The molecule has 2 aromatic rings. The summed E-state index contributed by atoms with van der Waals surface area (Å²) in [6.07, 6.45) is 1.77. The highest BCUT2D eigenvalue weighted by atomic mass is 35.5. The molecule has 1 fully saturated rings. The van der Waals surface area contributed by atoms with E-state index in [1.54, 1.807) is 31.4 Å². The van der Waals surface area contributed by atoms with E-state index in [-0.39, 0.29) is 5.91 Å². The lowest BCUT2D eigenvalue weighted by molar-refractivity contribution is -0.113. The van der Waals surface area contributed by atoms with Gasteiger partial charge in [0.05, 0.1) is 17.7 Å². The molecule has 0 N–H and O–H groups in total. The maximum atomic E-state index is 12.8. The van der Waals surface area contributed by atoms with E-state index in [1.807, 2.05) is 24.3 Å². The predicted molar refractivity (Wildman–Crippen MR) is 105 cm³/mol. The van der Waals surface area contributed by atoms with Crippen LogP contribution in [-0.4, -0.2) is 17.3 Å². The number of para-hydroxylation sites is 1. The quantitative estimate of drug-likeness (QED) is 0.513. The normalized spacial score (nSPS) is 16.1. The standard InChI is InChI=1S/C17H11Cl2NO2S2/c1-22-14-5-3-2-4-10(14)6-15-16(21)20(17(23)24-15)13-8-11(18)7-12(19)9-13/h2-9H,1H3. The number of amides is 1. The Morgan fingerprint density at radius 2 is 1.83 bits per heavy atom. The first kappa shape index (κ1) is 17.3. The minimum atomic E-state index is -0.214. The molecule has 0 atom stereocenters. The molecule has 0 spiro atoms. The number of hydrogen-bond donors (Lipinski definition) is 0. The zero-order chi connectivity index (χ0) is 17.3. The number of rotatable bonds is 3. The van der Waals surface area contributed by atoms with E-state index in [9.17, 15) is 4.79 Å². The molecular formula is C17H11Cl2NO2S2. The summed E-state index contributed by atoms with van der Waals surface area (Å²) in [7, 11) is 1.59. The van der Waals surface area contributed by atoms with Gasteiger partial charge in [-0.1, -0.05) is 65.4 Å². The van der Waals surface area contributed by atoms with Gasteiger partial charge in [0.2, 0.25) is 0 Å². The molecule has 0 aromatic heterocycles. The highest BCUT2D eigenvalue weighted by molar-refractivity contribution is 8.27. The number of benzene rings is 2. The van der Waals surface area contributed by atoms with Gasteiger partial charge in [0.15, 0.2) is 4.32 Å². The molecular weight excluding hydrogens is 385 g/mol. The zero-order valence-corrected chi connectivity index (χ0v) is 15.6. The van der Waals surface area contributed by atoms with Gasteiger partial charge in [0.25, 0.3) is 5.91 Å². The van der Waals surface area contributed by atoms with Crippen LogP contribution in [0.15, 0.2) is 47.4 Å². The summed E-state index contributed by atoms with van der Waals surface area (Å²) in [6.45, 7) is 0. The number of hydrogen-bond acceptors (Lipinski definition) is 4. The lowest BCUT2D eigenvalue weighted by atomic mass is 10.2. The fourth-order valence-electron chi connectivity index (χ4n) is 2.29. The van der Waals surface area contributed by atoms with E-state index < -0.39 is 0 Å². The van der Waals surface area contributed by atoms with E-state index in [0.29, 0.717) is 30.7 Å². The molecule has 1 saturated heterocycles. The molecule has 3 rings (SSSR count). The third kappa shape index (κ3) is 3.44. The number of halogens is 2. The Hall–Kier alpha value is -1.53. The summed E-state index contributed by atoms with van der Waals surface area (Å²) in [4.78, 5) is 14.7. The number of thiocarbonyl (C=S) groups is 1. The van der Waals surface area contributed by atoms with Crippen molar-refractivity contribution in [3.63, 3.8) is 0 Å². The van der Waals surface area contributed by atoms with Gasteiger partial charge < -0.3 is 4.74 Å². The minimum Gasteiger partial charge on any atom is -0.496 e. The number of anilines is 1. The maximum absolute atomic E-state index is 12.8. The summed E-state index contributed by atoms with van der Waals surface area (Å²) in [5.41, 5.74) is 1.36. The van der Waals surface area contributed by atoms with E-state index >= 15 is 0 Å². The highest BCUT2D eigenvalue weighted by Crippen LogP contribution is 2.38. The van der Waals surface area contributed by atoms with Crippen molar-refractivity contribution in [1.82, 2.24) is 0 Å². The summed E-state index contributed by atoms with van der Waals surface area (Å²) >= 11 is 18.6. The van der Waals surface area contributed by atoms with Crippen molar-refractivity contribution in [3.8, 4) is 5.75 Å². The average Bonchev–Trinajstić information content (AvgIpc) is 2.81. The highest BCUT2D eigenvalue weighted by Gasteiger charge is 2.33. The fraction of sp³-hybridized carbons (Fsp3) is 0.0588. The van der Waals surface area contributed by atoms with Crippen LogP contribution in [0.2, 0.25) is 10.0 Å². The molecule has 24 heavy (non-hydrogen) atoms. The van der Waals surface area contributed by atoms with Gasteiger partial charge in [-0.05, 0) is 30.3 Å². The topological polar surface area (TPSA) is 29.5 Å². The first-order chi connectivity index (χ1) is 11.5. The molecule has 0 saturated carbocycles. The second kappa shape index (κ2) is 7.15. The molecule has 1 aliphatic heterocycles. The van der Waals surface area contributed by atoms with Gasteiger partial charge in [-0.2, -0.15) is 0 Å². The van der Waals surface area contributed by atoms with Crippen LogP contribution in [0, 0.1) is 0 Å². The number of methoxy groups -OCH3 is 1. The van der Waals surface area contributed by atoms with Crippen molar-refractivity contribution in [2.75, 3.05) is 12.0 Å². The second-order valence-electron chi connectivity index (χ2n) is 4.89. The molecule has 0 radical (unpaired) electrons. The fourth-order valence-corrected chi connectivity index (χ4v) is 4.09. The Labute approximate surface area is 159 Å². The van der Waals surface area contributed by atoms with Crippen molar-refractivity contribution in [2.45, 2.75) is 0 Å². The maximum Gasteiger partial charge on any atom is 0.270 e. The van der Waals surface area contributed by atoms with E-state index in [1.165, 1.54) is 16.7 Å². The zero-order valence-electron chi connectivity index (χ0n) is 12.5. The molecule has 3 nitrogen and oxygen atoms in total. The van der Waals surface area contributed by atoms with Gasteiger partial charge in [0.1, 0.15) is 5.75 Å². The van der Waals surface area contributed by atoms with Gasteiger partial charge >= 0.3 is 0 Å². The molecule has 0 unspecified atom stereocenters. The molecule has 1 amide bonds. The van der Waals surface area contributed by atoms with Crippen LogP contribution >= 0.6 is 47.2 Å². The Balaban J connectivity index is 1.98. The summed E-state index contributed by atoms with van der Waals surface area (Å²) in [5.74, 6) is 0.475. The molecule has 0 aliphatic carbocycles. The Bertz CT molecular complexity index is 847. The molecule has 1 heterocycles. The summed E-state index contributed by atoms with van der Waals surface area (Å²) in [5, 5.41) is 0.889. The smallest absolute Gasteiger partial charge is 0.270 e. The van der Waals surface area contributed by atoms with Crippen molar-refractivity contribution in [3.05, 3.63) is 63.0 Å². The monoisotopic (exact) mass is 395 g/mol. The van der Waals surface area contributed by atoms with E-state index in [4.69, 9.17) is 40.2 Å². The van der Waals surface area contributed by atoms with Crippen LogP contribution in [0.4, 0.5) is 5.69 Å². The van der Waals surface area contributed by atoms with Crippen LogP contribution in [0.5, 0.6) is 5.75 Å². The second-order valence-corrected chi connectivity index (χ2v) is 7.44. The van der Waals surface area contributed by atoms with Crippen LogP contribution in [0.3, 0.4) is 0 Å². The van der Waals surface area contributed by atoms with Crippen LogP contribution in [-0.2, 0) is 4.79 Å². The number of nitrogens with zero attached hydrogens (tertiary/aromatic N) is 1. The van der Waals surface area contributed by atoms with Gasteiger partial charge in [-0.3, -0.25) is 9.69 Å². The summed E-state index contributed by atoms with van der Waals surface area (Å²) in [6, 6.07) is 12.4. The largest absolute Gasteiger partial charge is 0.496 e. The number of carbonyl (C=O) groups is 1. The number of carbonyl (C=O) groups excluding carboxylic acids is 1. The Morgan fingerprint density at radius 1 is 1.17 bits per heavy atom. The first-order valence-corrected chi connectivity index (χ1v) is 8.85. The Morgan fingerprint density at radius 3 is 2.50 bits per heavy atom. The van der Waals surface area contributed by atoms with Crippen molar-refractivity contribution in [1.29, 1.82) is 0 Å². The lowest BCUT2D eigenvalue weighted by Gasteiger charge is -2.15. The van der Waals surface area contributed by atoms with Gasteiger partial charge in [-0.25, -0.2) is 0 Å². The molecule has 7 heteroatoms. The predicted octanol–water partition coefficient (Wildman–Crippen LogP) is 5.41. The summed E-state index contributed by atoms with van der Waals surface area (Å²) < 4.78 is 5.74. The first-order valence-electron chi connectivity index (χ1n) is 6.86. The molecule has 2 aromatic carbocycles. The lowest BCUT2D eigenvalue weighted by Crippen LogP contribution is -2.27. The SMILES string of the molecule is COc1ccccc1C=C1SC(=S)N(c2cc(Cl)cc(Cl)c2)C1=O. The molecule has 122 valence electrons. The van der Waals surface area contributed by atoms with Gasteiger partial charge in [-0.15, -0.1) is 0 Å².